The standard InChI is InChI=1S/C14H24N2O4/c1-10-4-6-16(9-12(10)17)14(20)15-5-2-3-11(8-15)7-13(18)19/h10-12,17H,2-9H2,1H3,(H,18,19). The number of hydrogen-bond donors (Lipinski definition) is 2. The van der Waals surface area contributed by atoms with E-state index in [1.54, 1.807) is 9.80 Å². The number of carboxylic acids is 1. The Morgan fingerprint density at radius 1 is 1.15 bits per heavy atom. The summed E-state index contributed by atoms with van der Waals surface area (Å²) >= 11 is 0. The first kappa shape index (κ1) is 15.1. The van der Waals surface area contributed by atoms with Gasteiger partial charge in [0, 0.05) is 32.6 Å². The van der Waals surface area contributed by atoms with Crippen LogP contribution in [0, 0.1) is 11.8 Å². The van der Waals surface area contributed by atoms with Crippen LogP contribution in [0.1, 0.15) is 32.6 Å². The number of aliphatic hydroxyl groups excluding tert-OH is 1. The number of likely N-dealkylation sites (tertiary alicyclic amines) is 2. The average Bonchev–Trinajstić information content (AvgIpc) is 2.40. The Morgan fingerprint density at radius 3 is 2.50 bits per heavy atom. The largest absolute Gasteiger partial charge is 0.481 e. The number of β-amino-alcohol motifs (C(OH)–C–C–N with tert-alkyl or cyclic N) is 1. The topological polar surface area (TPSA) is 81.1 Å². The van der Waals surface area contributed by atoms with Crippen molar-refractivity contribution in [2.75, 3.05) is 26.2 Å². The minimum atomic E-state index is -0.800. The van der Waals surface area contributed by atoms with Crippen LogP contribution in [0.25, 0.3) is 0 Å². The average molecular weight is 284 g/mol. The van der Waals surface area contributed by atoms with E-state index in [0.29, 0.717) is 26.2 Å². The molecule has 2 amide bonds. The molecule has 2 aliphatic rings. The third-order valence-corrected chi connectivity index (χ3v) is 4.44. The molecule has 20 heavy (non-hydrogen) atoms. The van der Waals surface area contributed by atoms with E-state index < -0.39 is 12.1 Å². The van der Waals surface area contributed by atoms with Gasteiger partial charge in [0.2, 0.25) is 0 Å². The minimum Gasteiger partial charge on any atom is -0.481 e. The molecule has 6 heteroatoms. The molecule has 0 radical (unpaired) electrons. The highest BCUT2D eigenvalue weighted by atomic mass is 16.4. The fourth-order valence-electron chi connectivity index (χ4n) is 3.07. The first-order valence-corrected chi connectivity index (χ1v) is 7.41. The van der Waals surface area contributed by atoms with Crippen molar-refractivity contribution in [2.24, 2.45) is 11.8 Å². The number of carbonyl (C=O) groups is 2. The number of carbonyl (C=O) groups excluding carboxylic acids is 1. The number of hydrogen-bond acceptors (Lipinski definition) is 3. The zero-order chi connectivity index (χ0) is 14.7. The fraction of sp³-hybridized carbons (Fsp3) is 0.857. The third-order valence-electron chi connectivity index (χ3n) is 4.44. The number of urea groups is 1. The molecular weight excluding hydrogens is 260 g/mol. The second-order valence-electron chi connectivity index (χ2n) is 6.11. The van der Waals surface area contributed by atoms with E-state index in [0.717, 1.165) is 19.3 Å². The zero-order valence-corrected chi connectivity index (χ0v) is 12.0. The molecule has 2 saturated heterocycles. The Kier molecular flexibility index (Phi) is 4.86. The summed E-state index contributed by atoms with van der Waals surface area (Å²) in [4.78, 5) is 26.7. The number of aliphatic hydroxyl groups is 1. The molecule has 0 aromatic carbocycles. The Balaban J connectivity index is 1.90. The molecule has 0 aromatic rings. The summed E-state index contributed by atoms with van der Waals surface area (Å²) < 4.78 is 0. The molecule has 6 nitrogen and oxygen atoms in total. The van der Waals surface area contributed by atoms with Gasteiger partial charge in [0.1, 0.15) is 0 Å². The maximum Gasteiger partial charge on any atom is 0.320 e. The van der Waals surface area contributed by atoms with Crippen molar-refractivity contribution in [3.63, 3.8) is 0 Å². The van der Waals surface area contributed by atoms with Crippen LogP contribution in [0.3, 0.4) is 0 Å². The quantitative estimate of drug-likeness (QED) is 0.792. The second-order valence-corrected chi connectivity index (χ2v) is 6.11. The highest BCUT2D eigenvalue weighted by Crippen LogP contribution is 2.23. The van der Waals surface area contributed by atoms with Crippen LogP contribution >= 0.6 is 0 Å². The Bertz CT molecular complexity index is 374. The van der Waals surface area contributed by atoms with Gasteiger partial charge in [0.15, 0.2) is 0 Å². The van der Waals surface area contributed by atoms with Gasteiger partial charge in [-0.05, 0) is 31.1 Å². The third kappa shape index (κ3) is 3.62. The summed E-state index contributed by atoms with van der Waals surface area (Å²) in [7, 11) is 0. The molecule has 2 aliphatic heterocycles. The van der Waals surface area contributed by atoms with Crippen molar-refractivity contribution >= 4 is 12.0 Å². The lowest BCUT2D eigenvalue weighted by Crippen LogP contribution is -2.53. The summed E-state index contributed by atoms with van der Waals surface area (Å²) in [5.41, 5.74) is 0. The summed E-state index contributed by atoms with van der Waals surface area (Å²) in [5.74, 6) is -0.509. The lowest BCUT2D eigenvalue weighted by molar-refractivity contribution is -0.138. The maximum absolute atomic E-state index is 12.4. The van der Waals surface area contributed by atoms with Gasteiger partial charge >= 0.3 is 12.0 Å². The van der Waals surface area contributed by atoms with Crippen molar-refractivity contribution in [2.45, 2.75) is 38.7 Å². The van der Waals surface area contributed by atoms with Crippen LogP contribution in [0.5, 0.6) is 0 Å². The number of aliphatic carboxylic acids is 1. The zero-order valence-electron chi connectivity index (χ0n) is 12.0. The smallest absolute Gasteiger partial charge is 0.320 e. The van der Waals surface area contributed by atoms with E-state index in [1.807, 2.05) is 6.92 Å². The molecule has 3 unspecified atom stereocenters. The van der Waals surface area contributed by atoms with Gasteiger partial charge in [0.05, 0.1) is 6.10 Å². The van der Waals surface area contributed by atoms with Crippen molar-refractivity contribution in [1.29, 1.82) is 0 Å². The lowest BCUT2D eigenvalue weighted by Gasteiger charge is -2.40. The molecule has 0 saturated carbocycles. The number of nitrogens with zero attached hydrogens (tertiary/aromatic N) is 2. The van der Waals surface area contributed by atoms with Crippen LogP contribution in [-0.4, -0.2) is 64.3 Å². The first-order valence-electron chi connectivity index (χ1n) is 7.41. The van der Waals surface area contributed by atoms with Gasteiger partial charge in [-0.25, -0.2) is 4.79 Å². The van der Waals surface area contributed by atoms with E-state index in [-0.39, 0.29) is 24.3 Å². The Labute approximate surface area is 119 Å². The van der Waals surface area contributed by atoms with Crippen LogP contribution < -0.4 is 0 Å². The molecule has 3 atom stereocenters. The monoisotopic (exact) mass is 284 g/mol. The molecule has 0 aromatic heterocycles. The van der Waals surface area contributed by atoms with Crippen molar-refractivity contribution < 1.29 is 19.8 Å². The van der Waals surface area contributed by atoms with Crippen molar-refractivity contribution in [3.05, 3.63) is 0 Å². The molecule has 2 fully saturated rings. The van der Waals surface area contributed by atoms with Crippen molar-refractivity contribution in [3.8, 4) is 0 Å². The molecule has 0 aliphatic carbocycles. The van der Waals surface area contributed by atoms with E-state index >= 15 is 0 Å². The molecule has 2 N–H and O–H groups in total. The number of carboxylic acid groups (broad SMARTS) is 1. The molecule has 2 rings (SSSR count). The fourth-order valence-corrected chi connectivity index (χ4v) is 3.07. The van der Waals surface area contributed by atoms with E-state index in [9.17, 15) is 14.7 Å². The predicted molar refractivity (Wildman–Crippen MR) is 73.3 cm³/mol. The van der Waals surface area contributed by atoms with E-state index in [1.165, 1.54) is 0 Å². The predicted octanol–water partition coefficient (Wildman–Crippen LogP) is 0.996. The van der Waals surface area contributed by atoms with Crippen LogP contribution in [-0.2, 0) is 4.79 Å². The molecule has 0 spiro atoms. The number of rotatable bonds is 2. The number of piperidine rings is 2. The SMILES string of the molecule is CC1CCN(C(=O)N2CCCC(CC(=O)O)C2)CC1O. The summed E-state index contributed by atoms with van der Waals surface area (Å²) in [6, 6.07) is -0.0500. The van der Waals surface area contributed by atoms with E-state index in [4.69, 9.17) is 5.11 Å². The highest BCUT2D eigenvalue weighted by Gasteiger charge is 2.32. The Hall–Kier alpha value is -1.30. The van der Waals surface area contributed by atoms with Gasteiger partial charge in [-0.15, -0.1) is 0 Å². The summed E-state index contributed by atoms with van der Waals surface area (Å²) in [6.07, 6.45) is 2.22. The summed E-state index contributed by atoms with van der Waals surface area (Å²) in [5, 5.41) is 18.7. The molecule has 2 heterocycles. The summed E-state index contributed by atoms with van der Waals surface area (Å²) in [6.45, 7) is 4.28. The molecule has 0 bridgehead atoms. The second kappa shape index (κ2) is 6.43. The molecular formula is C14H24N2O4. The lowest BCUT2D eigenvalue weighted by atomic mass is 9.94. The van der Waals surface area contributed by atoms with Gasteiger partial charge in [-0.2, -0.15) is 0 Å². The van der Waals surface area contributed by atoms with Crippen molar-refractivity contribution in [1.82, 2.24) is 9.80 Å². The van der Waals surface area contributed by atoms with Crippen LogP contribution in [0.15, 0.2) is 0 Å². The van der Waals surface area contributed by atoms with Crippen LogP contribution in [0.2, 0.25) is 0 Å². The normalized spacial score (nSPS) is 31.2. The van der Waals surface area contributed by atoms with Gasteiger partial charge in [-0.1, -0.05) is 6.92 Å². The van der Waals surface area contributed by atoms with Gasteiger partial charge in [-0.3, -0.25) is 4.79 Å². The Morgan fingerprint density at radius 2 is 1.85 bits per heavy atom. The molecule has 114 valence electrons. The van der Waals surface area contributed by atoms with Gasteiger partial charge < -0.3 is 20.0 Å². The maximum atomic E-state index is 12.4. The van der Waals surface area contributed by atoms with E-state index in [2.05, 4.69) is 0 Å². The van der Waals surface area contributed by atoms with Gasteiger partial charge in [0.25, 0.3) is 0 Å². The minimum absolute atomic E-state index is 0.0500. The highest BCUT2D eigenvalue weighted by molar-refractivity contribution is 5.75. The number of amides is 2. The first-order chi connectivity index (χ1) is 9.47. The van der Waals surface area contributed by atoms with Crippen LogP contribution in [0.4, 0.5) is 4.79 Å².